The summed E-state index contributed by atoms with van der Waals surface area (Å²) < 4.78 is 4.68. The van der Waals surface area contributed by atoms with E-state index in [2.05, 4.69) is 15.0 Å². The Morgan fingerprint density at radius 1 is 1.29 bits per heavy atom. The van der Waals surface area contributed by atoms with Gasteiger partial charge >= 0.3 is 5.97 Å². The zero-order valence-corrected chi connectivity index (χ0v) is 14.0. The third kappa shape index (κ3) is 4.23. The number of amides is 1. The van der Waals surface area contributed by atoms with E-state index in [0.29, 0.717) is 16.1 Å². The van der Waals surface area contributed by atoms with Crippen molar-refractivity contribution in [2.24, 2.45) is 0 Å². The molecule has 0 radical (unpaired) electrons. The molecule has 1 amide bonds. The second-order valence-corrected chi connectivity index (χ2v) is 5.59. The largest absolute Gasteiger partial charge is 0.469 e. The van der Waals surface area contributed by atoms with Gasteiger partial charge in [-0.15, -0.1) is 0 Å². The first-order valence-corrected chi connectivity index (χ1v) is 7.61. The average Bonchev–Trinajstić information content (AvgIpc) is 3.05. The number of methoxy groups -OCH3 is 1. The van der Waals surface area contributed by atoms with Crippen molar-refractivity contribution in [2.75, 3.05) is 7.11 Å². The van der Waals surface area contributed by atoms with Crippen molar-refractivity contribution in [2.45, 2.75) is 19.4 Å². The first-order valence-electron chi connectivity index (χ1n) is 7.23. The Labute approximate surface area is 144 Å². The van der Waals surface area contributed by atoms with Gasteiger partial charge in [0.25, 0.3) is 5.91 Å². The SMILES string of the molecule is COC(=O)C[C@H](NC(=O)c1cc(C(C)=O)c[nH]1)c1ccccc1Cl. The minimum atomic E-state index is -0.650. The summed E-state index contributed by atoms with van der Waals surface area (Å²) in [5, 5.41) is 3.17. The molecule has 0 saturated heterocycles. The molecule has 1 heterocycles. The lowest BCUT2D eigenvalue weighted by atomic mass is 10.0. The quantitative estimate of drug-likeness (QED) is 0.620. The lowest BCUT2D eigenvalue weighted by Gasteiger charge is -2.19. The molecular formula is C17H17ClN2O4. The minimum Gasteiger partial charge on any atom is -0.469 e. The number of benzene rings is 1. The molecule has 0 aliphatic rings. The Hall–Kier alpha value is -2.60. The van der Waals surface area contributed by atoms with E-state index >= 15 is 0 Å². The molecular weight excluding hydrogens is 332 g/mol. The highest BCUT2D eigenvalue weighted by molar-refractivity contribution is 6.31. The molecule has 7 heteroatoms. The second-order valence-electron chi connectivity index (χ2n) is 5.19. The summed E-state index contributed by atoms with van der Waals surface area (Å²) in [7, 11) is 1.28. The first kappa shape index (κ1) is 17.7. The smallest absolute Gasteiger partial charge is 0.307 e. The van der Waals surface area contributed by atoms with Gasteiger partial charge in [0, 0.05) is 16.8 Å². The number of halogens is 1. The molecule has 0 fully saturated rings. The molecule has 0 spiro atoms. The maximum atomic E-state index is 12.4. The highest BCUT2D eigenvalue weighted by Gasteiger charge is 2.22. The number of Topliss-reactive ketones (excluding diaryl/α,β-unsaturated/α-hetero) is 1. The molecule has 1 atom stereocenters. The Balaban J connectivity index is 2.24. The maximum Gasteiger partial charge on any atom is 0.307 e. The molecule has 2 aromatic rings. The van der Waals surface area contributed by atoms with E-state index in [-0.39, 0.29) is 17.9 Å². The molecule has 1 aromatic carbocycles. The Morgan fingerprint density at radius 2 is 2.00 bits per heavy atom. The molecule has 1 aromatic heterocycles. The Kier molecular flexibility index (Phi) is 5.76. The van der Waals surface area contributed by atoms with Crippen molar-refractivity contribution in [1.82, 2.24) is 10.3 Å². The number of carbonyl (C=O) groups excluding carboxylic acids is 3. The van der Waals surface area contributed by atoms with Crippen molar-refractivity contribution in [1.29, 1.82) is 0 Å². The molecule has 126 valence electrons. The van der Waals surface area contributed by atoms with Crippen LogP contribution in [-0.4, -0.2) is 29.8 Å². The van der Waals surface area contributed by atoms with Crippen LogP contribution in [-0.2, 0) is 9.53 Å². The van der Waals surface area contributed by atoms with Crippen molar-refractivity contribution in [3.63, 3.8) is 0 Å². The van der Waals surface area contributed by atoms with E-state index in [1.54, 1.807) is 24.3 Å². The number of hydrogen-bond acceptors (Lipinski definition) is 4. The summed E-state index contributed by atoms with van der Waals surface area (Å²) >= 11 is 6.16. The monoisotopic (exact) mass is 348 g/mol. The van der Waals surface area contributed by atoms with Crippen molar-refractivity contribution < 1.29 is 19.1 Å². The first-order chi connectivity index (χ1) is 11.4. The van der Waals surface area contributed by atoms with Gasteiger partial charge in [0.2, 0.25) is 0 Å². The fourth-order valence-electron chi connectivity index (χ4n) is 2.21. The third-order valence-corrected chi connectivity index (χ3v) is 3.86. The number of carbonyl (C=O) groups is 3. The fourth-order valence-corrected chi connectivity index (χ4v) is 2.48. The van der Waals surface area contributed by atoms with Crippen LogP contribution in [0.5, 0.6) is 0 Å². The van der Waals surface area contributed by atoms with Gasteiger partial charge in [-0.25, -0.2) is 0 Å². The molecule has 24 heavy (non-hydrogen) atoms. The van der Waals surface area contributed by atoms with E-state index in [9.17, 15) is 14.4 Å². The van der Waals surface area contributed by atoms with Gasteiger partial charge < -0.3 is 15.0 Å². The number of nitrogens with one attached hydrogen (secondary N) is 2. The highest BCUT2D eigenvalue weighted by Crippen LogP contribution is 2.25. The van der Waals surface area contributed by atoms with Crippen LogP contribution in [0.4, 0.5) is 0 Å². The number of ether oxygens (including phenoxy) is 1. The number of H-pyrrole nitrogens is 1. The van der Waals surface area contributed by atoms with Gasteiger partial charge in [0.15, 0.2) is 5.78 Å². The van der Waals surface area contributed by atoms with Crippen LogP contribution in [0.25, 0.3) is 0 Å². The second kappa shape index (κ2) is 7.79. The summed E-state index contributed by atoms with van der Waals surface area (Å²) in [4.78, 5) is 38.1. The van der Waals surface area contributed by atoms with E-state index in [1.807, 2.05) is 0 Å². The van der Waals surface area contributed by atoms with Crippen LogP contribution in [0.2, 0.25) is 5.02 Å². The number of ketones is 1. The number of aromatic nitrogens is 1. The van der Waals surface area contributed by atoms with Gasteiger partial charge in [-0.05, 0) is 24.6 Å². The predicted molar refractivity (Wildman–Crippen MR) is 89.1 cm³/mol. The Morgan fingerprint density at radius 3 is 2.58 bits per heavy atom. The lowest BCUT2D eigenvalue weighted by molar-refractivity contribution is -0.141. The maximum absolute atomic E-state index is 12.4. The summed E-state index contributed by atoms with van der Waals surface area (Å²) in [6.07, 6.45) is 1.40. The van der Waals surface area contributed by atoms with Gasteiger partial charge in [-0.1, -0.05) is 29.8 Å². The van der Waals surface area contributed by atoms with Crippen molar-refractivity contribution >= 4 is 29.3 Å². The van der Waals surface area contributed by atoms with E-state index in [4.69, 9.17) is 11.6 Å². The molecule has 0 bridgehead atoms. The standard InChI is InChI=1S/C17H17ClN2O4/c1-10(21)11-7-15(19-9-11)17(23)20-14(8-16(22)24-2)12-5-3-4-6-13(12)18/h3-7,9,14,19H,8H2,1-2H3,(H,20,23)/t14-/m0/s1. The average molecular weight is 349 g/mol. The molecule has 2 N–H and O–H groups in total. The zero-order valence-electron chi connectivity index (χ0n) is 13.3. The van der Waals surface area contributed by atoms with E-state index < -0.39 is 17.9 Å². The third-order valence-electron chi connectivity index (χ3n) is 3.52. The van der Waals surface area contributed by atoms with Crippen LogP contribution >= 0.6 is 11.6 Å². The van der Waals surface area contributed by atoms with Gasteiger partial charge in [0.1, 0.15) is 5.69 Å². The Bertz CT molecular complexity index is 769. The number of esters is 1. The van der Waals surface area contributed by atoms with Crippen LogP contribution in [0.15, 0.2) is 36.5 Å². The molecule has 0 unspecified atom stereocenters. The highest BCUT2D eigenvalue weighted by atomic mass is 35.5. The van der Waals surface area contributed by atoms with E-state index in [0.717, 1.165) is 0 Å². The predicted octanol–water partition coefficient (Wildman–Crippen LogP) is 2.90. The summed E-state index contributed by atoms with van der Waals surface area (Å²) in [6.45, 7) is 1.41. The normalized spacial score (nSPS) is 11.6. The fraction of sp³-hybridized carbons (Fsp3) is 0.235. The van der Waals surface area contributed by atoms with Crippen LogP contribution < -0.4 is 5.32 Å². The van der Waals surface area contributed by atoms with Crippen molar-refractivity contribution in [3.8, 4) is 0 Å². The van der Waals surface area contributed by atoms with Crippen LogP contribution in [0.3, 0.4) is 0 Å². The number of aromatic amines is 1. The van der Waals surface area contributed by atoms with Crippen LogP contribution in [0, 0.1) is 0 Å². The summed E-state index contributed by atoms with van der Waals surface area (Å²) in [5.41, 5.74) is 1.24. The van der Waals surface area contributed by atoms with E-state index in [1.165, 1.54) is 26.3 Å². The van der Waals surface area contributed by atoms with Gasteiger partial charge in [0.05, 0.1) is 19.6 Å². The minimum absolute atomic E-state index is 0.0632. The topological polar surface area (TPSA) is 88.3 Å². The lowest BCUT2D eigenvalue weighted by Crippen LogP contribution is -2.31. The number of rotatable bonds is 6. The molecule has 0 saturated carbocycles. The summed E-state index contributed by atoms with van der Waals surface area (Å²) in [6, 6.07) is 7.73. The van der Waals surface area contributed by atoms with Crippen LogP contribution in [0.1, 0.15) is 45.8 Å². The van der Waals surface area contributed by atoms with Gasteiger partial charge in [-0.3, -0.25) is 14.4 Å². The molecule has 0 aliphatic heterocycles. The molecule has 2 rings (SSSR count). The molecule has 0 aliphatic carbocycles. The molecule has 6 nitrogen and oxygen atoms in total. The number of hydrogen-bond donors (Lipinski definition) is 2. The van der Waals surface area contributed by atoms with Gasteiger partial charge in [-0.2, -0.15) is 0 Å². The zero-order chi connectivity index (χ0) is 17.7. The summed E-state index contributed by atoms with van der Waals surface area (Å²) in [5.74, 6) is -1.07. The van der Waals surface area contributed by atoms with Crippen molar-refractivity contribution in [3.05, 3.63) is 58.4 Å².